The standard InChI is InChI=1S/C25H44O2/c1-3-4-20-7-9-21(10-8-20)13-16-25(24(26)27)17-14-23(15-18-25)22-11-5-19(2)6-12-22/h19-23H,3-18H2,1-2H3,(H,26,27). The van der Waals surface area contributed by atoms with E-state index in [2.05, 4.69) is 13.8 Å². The SMILES string of the molecule is CCCC1CCC(CCC2(C(=O)O)CCC(C3CCC(C)CC3)CC2)CC1. The van der Waals surface area contributed by atoms with Gasteiger partial charge >= 0.3 is 5.97 Å². The van der Waals surface area contributed by atoms with Crippen LogP contribution in [0.2, 0.25) is 0 Å². The summed E-state index contributed by atoms with van der Waals surface area (Å²) in [6, 6.07) is 0. The molecule has 0 atom stereocenters. The van der Waals surface area contributed by atoms with E-state index >= 15 is 0 Å². The molecule has 3 aliphatic carbocycles. The summed E-state index contributed by atoms with van der Waals surface area (Å²) in [6.45, 7) is 4.69. The second-order valence-corrected chi connectivity index (χ2v) is 10.7. The summed E-state index contributed by atoms with van der Waals surface area (Å²) in [5.41, 5.74) is -0.390. The van der Waals surface area contributed by atoms with E-state index in [1.807, 2.05) is 0 Å². The highest BCUT2D eigenvalue weighted by Crippen LogP contribution is 2.49. The summed E-state index contributed by atoms with van der Waals surface area (Å²) < 4.78 is 0. The predicted molar refractivity (Wildman–Crippen MR) is 113 cm³/mol. The molecule has 0 saturated heterocycles. The van der Waals surface area contributed by atoms with E-state index in [0.29, 0.717) is 0 Å². The zero-order valence-electron chi connectivity index (χ0n) is 18.1. The number of aliphatic carboxylic acids is 1. The lowest BCUT2D eigenvalue weighted by Gasteiger charge is -2.42. The number of rotatable bonds is 7. The van der Waals surface area contributed by atoms with Crippen molar-refractivity contribution >= 4 is 5.97 Å². The van der Waals surface area contributed by atoms with Crippen LogP contribution >= 0.6 is 0 Å². The molecule has 0 spiro atoms. The van der Waals surface area contributed by atoms with Crippen LogP contribution in [0.25, 0.3) is 0 Å². The van der Waals surface area contributed by atoms with E-state index in [1.54, 1.807) is 0 Å². The lowest BCUT2D eigenvalue weighted by Crippen LogP contribution is -2.38. The van der Waals surface area contributed by atoms with Gasteiger partial charge in [0.15, 0.2) is 0 Å². The lowest BCUT2D eigenvalue weighted by molar-refractivity contribution is -0.153. The zero-order chi connectivity index (χ0) is 19.3. The van der Waals surface area contributed by atoms with Gasteiger partial charge in [-0.15, -0.1) is 0 Å². The summed E-state index contributed by atoms with van der Waals surface area (Å²) in [6.07, 6.45) is 20.1. The molecular formula is C25H44O2. The topological polar surface area (TPSA) is 37.3 Å². The van der Waals surface area contributed by atoms with Crippen LogP contribution in [-0.2, 0) is 4.79 Å². The Hall–Kier alpha value is -0.530. The fraction of sp³-hybridized carbons (Fsp3) is 0.960. The number of hydrogen-bond donors (Lipinski definition) is 1. The van der Waals surface area contributed by atoms with Crippen molar-refractivity contribution in [2.75, 3.05) is 0 Å². The van der Waals surface area contributed by atoms with Gasteiger partial charge in [-0.3, -0.25) is 4.79 Å². The Labute approximate surface area is 167 Å². The van der Waals surface area contributed by atoms with Crippen molar-refractivity contribution in [3.63, 3.8) is 0 Å². The van der Waals surface area contributed by atoms with Crippen molar-refractivity contribution in [1.29, 1.82) is 0 Å². The molecule has 0 bridgehead atoms. The van der Waals surface area contributed by atoms with Crippen LogP contribution in [0.5, 0.6) is 0 Å². The minimum absolute atomic E-state index is 0.390. The molecule has 0 aromatic carbocycles. The van der Waals surface area contributed by atoms with Crippen molar-refractivity contribution in [3.05, 3.63) is 0 Å². The van der Waals surface area contributed by atoms with Gasteiger partial charge in [-0.1, -0.05) is 65.2 Å². The molecule has 3 fully saturated rings. The Morgan fingerprint density at radius 1 is 0.815 bits per heavy atom. The quantitative estimate of drug-likeness (QED) is 0.500. The third-order valence-electron chi connectivity index (χ3n) is 8.86. The van der Waals surface area contributed by atoms with Gasteiger partial charge in [-0.25, -0.2) is 0 Å². The van der Waals surface area contributed by atoms with Crippen LogP contribution in [0.4, 0.5) is 0 Å². The van der Waals surface area contributed by atoms with Gasteiger partial charge in [0.05, 0.1) is 5.41 Å². The molecule has 156 valence electrons. The summed E-state index contributed by atoms with van der Waals surface area (Å²) >= 11 is 0. The first-order valence-corrected chi connectivity index (χ1v) is 12.3. The first-order valence-electron chi connectivity index (χ1n) is 12.3. The number of hydrogen-bond acceptors (Lipinski definition) is 1. The molecule has 0 heterocycles. The highest BCUT2D eigenvalue weighted by molar-refractivity contribution is 5.74. The van der Waals surface area contributed by atoms with E-state index in [4.69, 9.17) is 0 Å². The first kappa shape index (κ1) is 21.2. The van der Waals surface area contributed by atoms with Crippen molar-refractivity contribution in [2.24, 2.45) is 35.0 Å². The van der Waals surface area contributed by atoms with Gasteiger partial charge in [0.25, 0.3) is 0 Å². The average Bonchev–Trinajstić information content (AvgIpc) is 2.69. The predicted octanol–water partition coefficient (Wildman–Crippen LogP) is 7.46. The largest absolute Gasteiger partial charge is 0.481 e. The number of carbonyl (C=O) groups is 1. The molecule has 3 saturated carbocycles. The normalized spacial score (nSPS) is 40.6. The molecule has 3 rings (SSSR count). The minimum Gasteiger partial charge on any atom is -0.481 e. The van der Waals surface area contributed by atoms with Gasteiger partial charge in [0.1, 0.15) is 0 Å². The van der Waals surface area contributed by atoms with E-state index in [9.17, 15) is 9.90 Å². The third kappa shape index (κ3) is 5.51. The molecule has 0 radical (unpaired) electrons. The van der Waals surface area contributed by atoms with Gasteiger partial charge in [-0.05, 0) is 81.0 Å². The smallest absolute Gasteiger partial charge is 0.309 e. The molecule has 27 heavy (non-hydrogen) atoms. The molecule has 2 nitrogen and oxygen atoms in total. The third-order valence-corrected chi connectivity index (χ3v) is 8.86. The molecule has 0 unspecified atom stereocenters. The molecular weight excluding hydrogens is 332 g/mol. The summed E-state index contributed by atoms with van der Waals surface area (Å²) in [4.78, 5) is 12.2. The Morgan fingerprint density at radius 3 is 1.85 bits per heavy atom. The Morgan fingerprint density at radius 2 is 1.33 bits per heavy atom. The van der Waals surface area contributed by atoms with E-state index in [1.165, 1.54) is 77.0 Å². The maximum atomic E-state index is 12.2. The summed E-state index contributed by atoms with van der Waals surface area (Å²) in [7, 11) is 0. The Kier molecular flexibility index (Phi) is 7.68. The molecule has 1 N–H and O–H groups in total. The number of carboxylic acids is 1. The van der Waals surface area contributed by atoms with Crippen molar-refractivity contribution < 1.29 is 9.90 Å². The summed E-state index contributed by atoms with van der Waals surface area (Å²) in [5, 5.41) is 10.1. The minimum atomic E-state index is -0.488. The highest BCUT2D eigenvalue weighted by atomic mass is 16.4. The second-order valence-electron chi connectivity index (χ2n) is 10.7. The Bertz CT molecular complexity index is 447. The van der Waals surface area contributed by atoms with Crippen molar-refractivity contribution in [1.82, 2.24) is 0 Å². The van der Waals surface area contributed by atoms with Crippen LogP contribution in [0.1, 0.15) is 117 Å². The van der Waals surface area contributed by atoms with E-state index < -0.39 is 11.4 Å². The molecule has 2 heteroatoms. The van der Waals surface area contributed by atoms with Crippen molar-refractivity contribution in [3.8, 4) is 0 Å². The fourth-order valence-electron chi connectivity index (χ4n) is 6.69. The van der Waals surface area contributed by atoms with Crippen LogP contribution < -0.4 is 0 Å². The van der Waals surface area contributed by atoms with Crippen LogP contribution in [0, 0.1) is 35.0 Å². The molecule has 0 aromatic rings. The second kappa shape index (κ2) is 9.79. The van der Waals surface area contributed by atoms with Crippen molar-refractivity contribution in [2.45, 2.75) is 117 Å². The van der Waals surface area contributed by atoms with Gasteiger partial charge in [0.2, 0.25) is 0 Å². The first-order chi connectivity index (χ1) is 13.0. The molecule has 0 amide bonds. The monoisotopic (exact) mass is 376 g/mol. The molecule has 3 aliphatic rings. The van der Waals surface area contributed by atoms with Gasteiger partial charge < -0.3 is 5.11 Å². The average molecular weight is 377 g/mol. The zero-order valence-corrected chi connectivity index (χ0v) is 18.1. The van der Waals surface area contributed by atoms with E-state index in [0.717, 1.165) is 55.3 Å². The molecule has 0 aromatic heterocycles. The van der Waals surface area contributed by atoms with Crippen LogP contribution in [-0.4, -0.2) is 11.1 Å². The fourth-order valence-corrected chi connectivity index (χ4v) is 6.69. The van der Waals surface area contributed by atoms with Gasteiger partial charge in [-0.2, -0.15) is 0 Å². The summed E-state index contributed by atoms with van der Waals surface area (Å²) in [5.74, 6) is 3.88. The Balaban J connectivity index is 1.46. The van der Waals surface area contributed by atoms with Crippen LogP contribution in [0.3, 0.4) is 0 Å². The lowest BCUT2D eigenvalue weighted by atomic mass is 9.62. The van der Waals surface area contributed by atoms with E-state index in [-0.39, 0.29) is 0 Å². The number of carboxylic acid groups (broad SMARTS) is 1. The maximum Gasteiger partial charge on any atom is 0.309 e. The molecule has 0 aliphatic heterocycles. The highest BCUT2D eigenvalue weighted by Gasteiger charge is 2.43. The van der Waals surface area contributed by atoms with Crippen LogP contribution in [0.15, 0.2) is 0 Å². The van der Waals surface area contributed by atoms with Gasteiger partial charge in [0, 0.05) is 0 Å². The maximum absolute atomic E-state index is 12.2.